The van der Waals surface area contributed by atoms with Crippen molar-refractivity contribution in [3.63, 3.8) is 0 Å². The Morgan fingerprint density at radius 1 is 1.21 bits per heavy atom. The van der Waals surface area contributed by atoms with Gasteiger partial charge in [-0.15, -0.1) is 11.3 Å². The van der Waals surface area contributed by atoms with Gasteiger partial charge in [0, 0.05) is 20.9 Å². The van der Waals surface area contributed by atoms with Crippen molar-refractivity contribution in [2.75, 3.05) is 12.4 Å². The van der Waals surface area contributed by atoms with Crippen LogP contribution in [0.5, 0.6) is 5.75 Å². The highest BCUT2D eigenvalue weighted by atomic mass is 79.9. The summed E-state index contributed by atoms with van der Waals surface area (Å²) in [5, 5.41) is 3.99. The highest BCUT2D eigenvalue weighted by Crippen LogP contribution is 2.37. The minimum atomic E-state index is 0.656. The molecule has 2 rings (SSSR count). The largest absolute Gasteiger partial charge is 0.493 e. The molecular weight excluding hydrogens is 481 g/mol. The molecule has 0 atom stereocenters. The molecule has 1 N–H and O–H groups in total. The summed E-state index contributed by atoms with van der Waals surface area (Å²) in [5.41, 5.74) is 0.863. The molecule has 102 valence electrons. The van der Waals surface area contributed by atoms with Crippen LogP contribution in [0.3, 0.4) is 0 Å². The summed E-state index contributed by atoms with van der Waals surface area (Å²) in [7, 11) is 1.64. The van der Waals surface area contributed by atoms with Gasteiger partial charge in [-0.1, -0.05) is 11.6 Å². The lowest BCUT2D eigenvalue weighted by molar-refractivity contribution is 0.414. The third-order valence-electron chi connectivity index (χ3n) is 2.36. The van der Waals surface area contributed by atoms with E-state index in [1.165, 1.54) is 4.88 Å². The van der Waals surface area contributed by atoms with Crippen LogP contribution in [-0.4, -0.2) is 7.11 Å². The van der Waals surface area contributed by atoms with Crippen molar-refractivity contribution >= 4 is 76.4 Å². The van der Waals surface area contributed by atoms with Gasteiger partial charge in [0.1, 0.15) is 0 Å². The summed E-state index contributed by atoms with van der Waals surface area (Å²) >= 11 is 18.1. The molecule has 0 saturated carbocycles. The average Bonchev–Trinajstić information content (AvgIpc) is 2.65. The van der Waals surface area contributed by atoms with Crippen molar-refractivity contribution in [2.24, 2.45) is 0 Å². The van der Waals surface area contributed by atoms with Crippen LogP contribution in [-0.2, 0) is 6.54 Å². The first kappa shape index (κ1) is 15.6. The molecule has 1 aromatic heterocycles. The first-order valence-corrected chi connectivity index (χ1v) is 8.79. The Hall–Kier alpha value is 0.250. The first-order valence-electron chi connectivity index (χ1n) is 5.22. The van der Waals surface area contributed by atoms with E-state index in [4.69, 9.17) is 16.3 Å². The summed E-state index contributed by atoms with van der Waals surface area (Å²) in [6.45, 7) is 0.706. The van der Waals surface area contributed by atoms with E-state index in [0.29, 0.717) is 11.6 Å². The molecule has 0 radical (unpaired) electrons. The van der Waals surface area contributed by atoms with Crippen LogP contribution < -0.4 is 10.1 Å². The number of benzene rings is 1. The van der Waals surface area contributed by atoms with Crippen molar-refractivity contribution in [1.82, 2.24) is 0 Å². The third-order valence-corrected chi connectivity index (χ3v) is 6.43. The van der Waals surface area contributed by atoms with Crippen LogP contribution in [0.15, 0.2) is 30.9 Å². The Labute approximate surface area is 145 Å². The van der Waals surface area contributed by atoms with Crippen LogP contribution in [0.4, 0.5) is 5.69 Å². The first-order chi connectivity index (χ1) is 9.01. The maximum absolute atomic E-state index is 6.05. The quantitative estimate of drug-likeness (QED) is 0.543. The molecule has 0 aliphatic carbocycles. The maximum Gasteiger partial charge on any atom is 0.156 e. The van der Waals surface area contributed by atoms with E-state index >= 15 is 0 Å². The minimum Gasteiger partial charge on any atom is -0.493 e. The van der Waals surface area contributed by atoms with Crippen molar-refractivity contribution in [3.8, 4) is 5.75 Å². The molecule has 0 amide bonds. The lowest BCUT2D eigenvalue weighted by Gasteiger charge is -2.12. The fraction of sp³-hybridized carbons (Fsp3) is 0.167. The van der Waals surface area contributed by atoms with E-state index in [9.17, 15) is 0 Å². The van der Waals surface area contributed by atoms with Gasteiger partial charge in [0.15, 0.2) is 5.75 Å². The van der Waals surface area contributed by atoms with Crippen molar-refractivity contribution in [2.45, 2.75) is 6.54 Å². The van der Waals surface area contributed by atoms with Gasteiger partial charge in [0.25, 0.3) is 0 Å². The summed E-state index contributed by atoms with van der Waals surface area (Å²) < 4.78 is 8.35. The van der Waals surface area contributed by atoms with Gasteiger partial charge in [-0.05, 0) is 66.0 Å². The molecule has 0 aliphatic heterocycles. The van der Waals surface area contributed by atoms with Gasteiger partial charge in [0.2, 0.25) is 0 Å². The van der Waals surface area contributed by atoms with E-state index in [-0.39, 0.29) is 0 Å². The smallest absolute Gasteiger partial charge is 0.156 e. The number of methoxy groups -OCH3 is 1. The van der Waals surface area contributed by atoms with Crippen molar-refractivity contribution in [3.05, 3.63) is 40.8 Å². The Bertz CT molecular complexity index is 583. The lowest BCUT2D eigenvalue weighted by atomic mass is 10.3. The number of hydrogen-bond donors (Lipinski definition) is 1. The van der Waals surface area contributed by atoms with Crippen molar-refractivity contribution in [1.29, 1.82) is 0 Å². The van der Waals surface area contributed by atoms with Gasteiger partial charge in [0.05, 0.1) is 21.1 Å². The second-order valence-corrected chi connectivity index (χ2v) is 8.26. The summed E-state index contributed by atoms with van der Waals surface area (Å²) in [6.07, 6.45) is 0. The molecule has 2 aromatic rings. The number of halogens is 4. The minimum absolute atomic E-state index is 0.656. The Balaban J connectivity index is 2.19. The zero-order valence-electron chi connectivity index (χ0n) is 9.77. The normalized spacial score (nSPS) is 10.6. The zero-order valence-corrected chi connectivity index (χ0v) is 16.1. The molecule has 19 heavy (non-hydrogen) atoms. The molecule has 0 saturated heterocycles. The SMILES string of the molecule is COc1c(Br)cc(Cl)cc1NCc1cc(Br)c(Br)s1. The molecule has 1 heterocycles. The average molecular weight is 490 g/mol. The molecular formula is C12H9Br3ClNOS. The highest BCUT2D eigenvalue weighted by Gasteiger charge is 2.10. The van der Waals surface area contributed by atoms with Gasteiger partial charge in [-0.25, -0.2) is 0 Å². The van der Waals surface area contributed by atoms with E-state index in [0.717, 1.165) is 24.2 Å². The van der Waals surface area contributed by atoms with E-state index in [1.807, 2.05) is 12.1 Å². The number of hydrogen-bond acceptors (Lipinski definition) is 3. The number of rotatable bonds is 4. The Kier molecular flexibility index (Phi) is 5.60. The van der Waals surface area contributed by atoms with Gasteiger partial charge >= 0.3 is 0 Å². The van der Waals surface area contributed by atoms with Gasteiger partial charge < -0.3 is 10.1 Å². The summed E-state index contributed by atoms with van der Waals surface area (Å²) in [6, 6.07) is 5.74. The summed E-state index contributed by atoms with van der Waals surface area (Å²) in [5.74, 6) is 0.749. The van der Waals surface area contributed by atoms with Gasteiger partial charge in [-0.2, -0.15) is 0 Å². The second kappa shape index (κ2) is 6.80. The maximum atomic E-state index is 6.05. The third kappa shape index (κ3) is 3.88. The number of nitrogens with one attached hydrogen (secondary N) is 1. The standard InChI is InChI=1S/C12H9Br3ClNOS/c1-18-11-8(13)2-6(16)3-10(11)17-5-7-4-9(14)12(15)19-7/h2-4,17H,5H2,1H3. The van der Waals surface area contributed by atoms with Crippen LogP contribution in [0.25, 0.3) is 0 Å². The van der Waals surface area contributed by atoms with Gasteiger partial charge in [-0.3, -0.25) is 0 Å². The van der Waals surface area contributed by atoms with Crippen molar-refractivity contribution < 1.29 is 4.74 Å². The molecule has 0 aliphatic rings. The predicted molar refractivity (Wildman–Crippen MR) is 92.7 cm³/mol. The Morgan fingerprint density at radius 3 is 2.53 bits per heavy atom. The molecule has 2 nitrogen and oxygen atoms in total. The Morgan fingerprint density at radius 2 is 1.95 bits per heavy atom. The number of anilines is 1. The fourth-order valence-electron chi connectivity index (χ4n) is 1.56. The second-order valence-electron chi connectivity index (χ2n) is 3.66. The van der Waals surface area contributed by atoms with Crippen LogP contribution in [0.1, 0.15) is 4.88 Å². The van der Waals surface area contributed by atoms with E-state index in [1.54, 1.807) is 18.4 Å². The molecule has 7 heteroatoms. The predicted octanol–water partition coefficient (Wildman–Crippen LogP) is 6.31. The van der Waals surface area contributed by atoms with Crippen LogP contribution in [0.2, 0.25) is 5.02 Å². The summed E-state index contributed by atoms with van der Waals surface area (Å²) in [4.78, 5) is 1.21. The fourth-order valence-corrected chi connectivity index (χ4v) is 4.65. The van der Waals surface area contributed by atoms with Crippen LogP contribution >= 0.6 is 70.7 Å². The monoisotopic (exact) mass is 487 g/mol. The molecule has 1 aromatic carbocycles. The molecule has 0 fully saturated rings. The van der Waals surface area contributed by atoms with E-state index in [2.05, 4.69) is 59.2 Å². The topological polar surface area (TPSA) is 21.3 Å². The number of ether oxygens (including phenoxy) is 1. The lowest BCUT2D eigenvalue weighted by Crippen LogP contribution is -2.00. The highest BCUT2D eigenvalue weighted by molar-refractivity contribution is 9.13. The van der Waals surface area contributed by atoms with Crippen LogP contribution in [0, 0.1) is 0 Å². The zero-order chi connectivity index (χ0) is 14.0. The molecule has 0 bridgehead atoms. The molecule has 0 unspecified atom stereocenters. The van der Waals surface area contributed by atoms with E-state index < -0.39 is 0 Å². The molecule has 0 spiro atoms. The number of thiophene rings is 1.